The number of fused-ring (bicyclic) bond motifs is 2. The van der Waals surface area contributed by atoms with E-state index in [2.05, 4.69) is 62.4 Å². The van der Waals surface area contributed by atoms with Crippen LogP contribution in [0.3, 0.4) is 0 Å². The van der Waals surface area contributed by atoms with Crippen molar-refractivity contribution in [1.29, 1.82) is 0 Å². The normalized spacial score (nSPS) is 16.7. The molecule has 1 heterocycles. The Hall–Kier alpha value is -1.39. The van der Waals surface area contributed by atoms with E-state index in [1.807, 2.05) is 25.6 Å². The Kier molecular flexibility index (Phi) is 5.80. The minimum Gasteiger partial charge on any atom is -0.481 e. The summed E-state index contributed by atoms with van der Waals surface area (Å²) in [5.74, 6) is 1.81. The SMILES string of the molecule is CCOC(C)=N[C@@](C)(CC)C[S+]1c2ccccc2Sc2ccccc21. The molecule has 1 atom stereocenters. The smallest absolute Gasteiger partial charge is 0.180 e. The molecule has 0 unspecified atom stereocenters. The van der Waals surface area contributed by atoms with E-state index < -0.39 is 0 Å². The van der Waals surface area contributed by atoms with E-state index in [1.165, 1.54) is 19.6 Å². The maximum Gasteiger partial charge on any atom is 0.180 e. The summed E-state index contributed by atoms with van der Waals surface area (Å²) in [7, 11) is 0.0323. The third-order valence-corrected chi connectivity index (χ3v) is 8.54. The Bertz CT molecular complexity index is 728. The molecule has 1 aliphatic heterocycles. The zero-order chi connectivity index (χ0) is 17.9. The van der Waals surface area contributed by atoms with Gasteiger partial charge in [0.25, 0.3) is 0 Å². The first-order valence-electron chi connectivity index (χ1n) is 8.82. The molecule has 0 spiro atoms. The van der Waals surface area contributed by atoms with Crippen LogP contribution in [0.15, 0.2) is 73.1 Å². The van der Waals surface area contributed by atoms with Crippen LogP contribution >= 0.6 is 11.8 Å². The molecule has 2 aromatic carbocycles. The van der Waals surface area contributed by atoms with Crippen molar-refractivity contribution in [3.8, 4) is 0 Å². The Labute approximate surface area is 158 Å². The van der Waals surface area contributed by atoms with Gasteiger partial charge >= 0.3 is 0 Å². The van der Waals surface area contributed by atoms with Crippen LogP contribution in [0.2, 0.25) is 0 Å². The first-order valence-corrected chi connectivity index (χ1v) is 11.0. The van der Waals surface area contributed by atoms with E-state index >= 15 is 0 Å². The van der Waals surface area contributed by atoms with Gasteiger partial charge < -0.3 is 4.74 Å². The van der Waals surface area contributed by atoms with Crippen LogP contribution in [0.5, 0.6) is 0 Å². The molecule has 0 saturated carbocycles. The van der Waals surface area contributed by atoms with E-state index in [4.69, 9.17) is 9.73 Å². The zero-order valence-corrected chi connectivity index (χ0v) is 17.0. The van der Waals surface area contributed by atoms with Crippen LogP contribution in [-0.2, 0) is 15.6 Å². The minimum absolute atomic E-state index is 0.0323. The van der Waals surface area contributed by atoms with Gasteiger partial charge in [-0.05, 0) is 44.5 Å². The molecule has 4 heteroatoms. The third-order valence-electron chi connectivity index (χ3n) is 4.45. The van der Waals surface area contributed by atoms with Crippen LogP contribution in [0.1, 0.15) is 34.1 Å². The van der Waals surface area contributed by atoms with Crippen LogP contribution in [0.25, 0.3) is 0 Å². The number of nitrogens with zero attached hydrogens (tertiary/aromatic N) is 1. The van der Waals surface area contributed by atoms with E-state index in [9.17, 15) is 0 Å². The number of benzene rings is 2. The molecule has 3 rings (SSSR count). The van der Waals surface area contributed by atoms with Gasteiger partial charge in [-0.3, -0.25) is 0 Å². The van der Waals surface area contributed by atoms with Gasteiger partial charge in [-0.25, -0.2) is 4.99 Å². The fourth-order valence-electron chi connectivity index (χ4n) is 3.01. The molecule has 1 aliphatic rings. The van der Waals surface area contributed by atoms with Gasteiger partial charge in [0.1, 0.15) is 11.3 Å². The van der Waals surface area contributed by atoms with Crippen molar-refractivity contribution in [2.75, 3.05) is 12.4 Å². The molecule has 0 amide bonds. The molecule has 0 N–H and O–H groups in total. The van der Waals surface area contributed by atoms with Crippen LogP contribution in [0.4, 0.5) is 0 Å². The fourth-order valence-corrected chi connectivity index (χ4v) is 7.28. The zero-order valence-electron chi connectivity index (χ0n) is 15.4. The molecule has 0 aromatic heterocycles. The molecular weight excluding hydrogens is 346 g/mol. The van der Waals surface area contributed by atoms with Crippen molar-refractivity contribution < 1.29 is 4.74 Å². The number of ether oxygens (including phenoxy) is 1. The van der Waals surface area contributed by atoms with Gasteiger partial charge in [0.15, 0.2) is 15.7 Å². The summed E-state index contributed by atoms with van der Waals surface area (Å²) < 4.78 is 5.62. The second-order valence-electron chi connectivity index (χ2n) is 6.44. The summed E-state index contributed by atoms with van der Waals surface area (Å²) in [6, 6.07) is 17.7. The Balaban J connectivity index is 2.00. The highest BCUT2D eigenvalue weighted by molar-refractivity contribution is 8.04. The van der Waals surface area contributed by atoms with Gasteiger partial charge in [0.2, 0.25) is 0 Å². The van der Waals surface area contributed by atoms with Crippen LogP contribution in [-0.4, -0.2) is 23.8 Å². The second-order valence-corrected chi connectivity index (χ2v) is 9.48. The summed E-state index contributed by atoms with van der Waals surface area (Å²) in [5, 5.41) is 0. The number of hydrogen-bond acceptors (Lipinski definition) is 3. The maximum absolute atomic E-state index is 5.62. The largest absolute Gasteiger partial charge is 0.481 e. The average Bonchev–Trinajstić information content (AvgIpc) is 2.61. The quantitative estimate of drug-likeness (QED) is 0.375. The Morgan fingerprint density at radius 2 is 1.60 bits per heavy atom. The highest BCUT2D eigenvalue weighted by atomic mass is 32.2. The van der Waals surface area contributed by atoms with Gasteiger partial charge in [0.05, 0.1) is 27.3 Å². The standard InChI is InChI=1S/C21H26NOS2/c1-5-21(4,22-16(3)23-6-2)15-25-19-13-9-7-11-17(19)24-18-12-8-10-14-20(18)25/h7-14H,5-6,15H2,1-4H3/q+1/t21-/m0/s1. The van der Waals surface area contributed by atoms with E-state index in [1.54, 1.807) is 0 Å². The number of hydrogen-bond donors (Lipinski definition) is 0. The summed E-state index contributed by atoms with van der Waals surface area (Å²) >= 11 is 1.89. The lowest BCUT2D eigenvalue weighted by atomic mass is 10.0. The molecular formula is C21H26NOS2+. The lowest BCUT2D eigenvalue weighted by Crippen LogP contribution is -2.34. The molecule has 0 bridgehead atoms. The first kappa shape index (κ1) is 18.4. The number of aliphatic imine (C=N–C) groups is 1. The predicted molar refractivity (Wildman–Crippen MR) is 109 cm³/mol. The summed E-state index contributed by atoms with van der Waals surface area (Å²) in [5.41, 5.74) is -0.120. The van der Waals surface area contributed by atoms with Gasteiger partial charge in [0, 0.05) is 6.92 Å². The Morgan fingerprint density at radius 3 is 2.12 bits per heavy atom. The van der Waals surface area contributed by atoms with Crippen molar-refractivity contribution in [3.63, 3.8) is 0 Å². The maximum atomic E-state index is 5.62. The van der Waals surface area contributed by atoms with Crippen LogP contribution < -0.4 is 0 Å². The first-order chi connectivity index (χ1) is 12.1. The van der Waals surface area contributed by atoms with Gasteiger partial charge in [-0.1, -0.05) is 43.0 Å². The molecule has 2 nitrogen and oxygen atoms in total. The lowest BCUT2D eigenvalue weighted by molar-refractivity contribution is 0.315. The molecule has 25 heavy (non-hydrogen) atoms. The molecule has 0 fully saturated rings. The molecule has 0 radical (unpaired) electrons. The summed E-state index contributed by atoms with van der Waals surface area (Å²) in [6.45, 7) is 9.13. The number of rotatable bonds is 5. The van der Waals surface area contributed by atoms with Crippen molar-refractivity contribution in [2.24, 2.45) is 4.99 Å². The molecule has 0 saturated heterocycles. The minimum atomic E-state index is -0.120. The molecule has 132 valence electrons. The van der Waals surface area contributed by atoms with Crippen molar-refractivity contribution in [1.82, 2.24) is 0 Å². The third kappa shape index (κ3) is 4.06. The highest BCUT2D eigenvalue weighted by Gasteiger charge is 2.41. The van der Waals surface area contributed by atoms with Crippen molar-refractivity contribution >= 4 is 28.6 Å². The van der Waals surface area contributed by atoms with E-state index in [0.717, 1.165) is 18.1 Å². The summed E-state index contributed by atoms with van der Waals surface area (Å²) in [6.07, 6.45) is 0.998. The monoisotopic (exact) mass is 372 g/mol. The van der Waals surface area contributed by atoms with E-state index in [-0.39, 0.29) is 16.4 Å². The fraction of sp³-hybridized carbons (Fsp3) is 0.381. The predicted octanol–water partition coefficient (Wildman–Crippen LogP) is 5.81. The Morgan fingerprint density at radius 1 is 1.04 bits per heavy atom. The van der Waals surface area contributed by atoms with Crippen molar-refractivity contribution in [2.45, 2.75) is 59.2 Å². The second kappa shape index (κ2) is 7.88. The van der Waals surface area contributed by atoms with Gasteiger partial charge in [-0.15, -0.1) is 0 Å². The van der Waals surface area contributed by atoms with E-state index in [0.29, 0.717) is 6.61 Å². The van der Waals surface area contributed by atoms with Gasteiger partial charge in [-0.2, -0.15) is 0 Å². The lowest BCUT2D eigenvalue weighted by Gasteiger charge is -2.27. The topological polar surface area (TPSA) is 21.6 Å². The van der Waals surface area contributed by atoms with Crippen molar-refractivity contribution in [3.05, 3.63) is 48.5 Å². The van der Waals surface area contributed by atoms with Crippen LogP contribution in [0, 0.1) is 0 Å². The summed E-state index contributed by atoms with van der Waals surface area (Å²) in [4.78, 5) is 10.6. The average molecular weight is 373 g/mol. The molecule has 2 aromatic rings. The highest BCUT2D eigenvalue weighted by Crippen LogP contribution is 2.46. The molecule has 0 aliphatic carbocycles.